The molecule has 0 fully saturated rings. The number of aryl methyl sites for hydroxylation is 1. The molecule has 10 heteroatoms. The highest BCUT2D eigenvalue weighted by Crippen LogP contribution is 2.33. The Morgan fingerprint density at radius 1 is 0.853 bits per heavy atom. The van der Waals surface area contributed by atoms with Gasteiger partial charge in [-0.3, -0.25) is 4.79 Å². The maximum absolute atomic E-state index is 13.9. The van der Waals surface area contributed by atoms with Gasteiger partial charge in [0.25, 0.3) is 0 Å². The topological polar surface area (TPSA) is 57.9 Å². The molecule has 0 amide bonds. The molecule has 0 N–H and O–H groups in total. The number of hydrogen-bond donors (Lipinski definition) is 0. The van der Waals surface area contributed by atoms with Crippen LogP contribution in [0.3, 0.4) is 0 Å². The second kappa shape index (κ2) is 9.05. The highest BCUT2D eigenvalue weighted by Gasteiger charge is 2.26. The summed E-state index contributed by atoms with van der Waals surface area (Å²) in [5.74, 6) is -9.66. The van der Waals surface area contributed by atoms with Crippen LogP contribution in [0.2, 0.25) is 0 Å². The maximum Gasteiger partial charge on any atom is 0.235 e. The first-order valence-electron chi connectivity index (χ1n) is 9.74. The Bertz CT molecular complexity index is 1440. The highest BCUT2D eigenvalue weighted by molar-refractivity contribution is 5.79. The summed E-state index contributed by atoms with van der Waals surface area (Å²) in [6.45, 7) is 0.545. The summed E-state index contributed by atoms with van der Waals surface area (Å²) in [6, 6.07) is 10.6. The lowest BCUT2D eigenvalue weighted by atomic mass is 10.1. The zero-order valence-electron chi connectivity index (χ0n) is 17.7. The summed E-state index contributed by atoms with van der Waals surface area (Å²) in [7, 11) is 1.45. The van der Waals surface area contributed by atoms with Gasteiger partial charge >= 0.3 is 0 Å². The molecule has 0 radical (unpaired) electrons. The smallest absolute Gasteiger partial charge is 0.235 e. The number of fused-ring (bicyclic) bond motifs is 1. The van der Waals surface area contributed by atoms with Crippen LogP contribution in [0.4, 0.5) is 22.0 Å². The van der Waals surface area contributed by atoms with Crippen LogP contribution in [0.1, 0.15) is 11.3 Å². The first-order chi connectivity index (χ1) is 16.2. The fraction of sp³-hybridized carbons (Fsp3) is 0.125. The predicted molar refractivity (Wildman–Crippen MR) is 111 cm³/mol. The molecule has 0 bridgehead atoms. The van der Waals surface area contributed by atoms with Crippen LogP contribution in [-0.4, -0.2) is 7.11 Å². The third kappa shape index (κ3) is 4.02. The Balaban J connectivity index is 1.65. The van der Waals surface area contributed by atoms with Crippen molar-refractivity contribution in [1.82, 2.24) is 0 Å². The van der Waals surface area contributed by atoms with Gasteiger partial charge in [-0.25, -0.2) is 22.0 Å². The van der Waals surface area contributed by atoms with Gasteiger partial charge in [0.1, 0.15) is 23.7 Å². The van der Waals surface area contributed by atoms with Crippen LogP contribution in [0.5, 0.6) is 23.0 Å². The average molecular weight is 478 g/mol. The fourth-order valence-corrected chi connectivity index (χ4v) is 3.22. The molecule has 0 saturated carbocycles. The Morgan fingerprint density at radius 2 is 1.47 bits per heavy atom. The number of methoxy groups -OCH3 is 1. The molecular weight excluding hydrogens is 463 g/mol. The molecule has 4 aromatic rings. The molecule has 0 saturated heterocycles. The minimum atomic E-state index is -2.26. The molecule has 0 unspecified atom stereocenters. The molecule has 5 nitrogen and oxygen atoms in total. The van der Waals surface area contributed by atoms with Gasteiger partial charge in [-0.2, -0.15) is 0 Å². The van der Waals surface area contributed by atoms with Crippen molar-refractivity contribution in [3.05, 3.63) is 93.1 Å². The van der Waals surface area contributed by atoms with Crippen molar-refractivity contribution in [1.29, 1.82) is 0 Å². The summed E-state index contributed by atoms with van der Waals surface area (Å²) in [4.78, 5) is 13.0. The second-order valence-electron chi connectivity index (χ2n) is 7.06. The van der Waals surface area contributed by atoms with E-state index in [1.165, 1.54) is 32.2 Å². The van der Waals surface area contributed by atoms with Crippen LogP contribution < -0.4 is 19.6 Å². The minimum absolute atomic E-state index is 0.0302. The Kier molecular flexibility index (Phi) is 6.14. The number of halogens is 5. The largest absolute Gasteiger partial charge is 0.493 e. The third-order valence-corrected chi connectivity index (χ3v) is 4.95. The SMILES string of the molecule is COc1ccccc1Oc1c(C)oc2cc(OCc3c(F)c(F)c(F)c(F)c3F)ccc2c1=O. The third-order valence-electron chi connectivity index (χ3n) is 4.95. The van der Waals surface area contributed by atoms with Gasteiger partial charge in [0.2, 0.25) is 17.0 Å². The van der Waals surface area contributed by atoms with Gasteiger partial charge in [-0.1, -0.05) is 12.1 Å². The van der Waals surface area contributed by atoms with E-state index in [-0.39, 0.29) is 28.2 Å². The van der Waals surface area contributed by atoms with E-state index < -0.39 is 46.7 Å². The van der Waals surface area contributed by atoms with Gasteiger partial charge in [0, 0.05) is 6.07 Å². The standard InChI is InChI=1S/C24H15F5O5/c1-11-24(34-16-6-4-3-5-15(16)31-2)23(30)13-8-7-12(9-17(13)33-11)32-10-14-18(25)20(27)22(29)21(28)19(14)26/h3-9H,10H2,1-2H3. The average Bonchev–Trinajstić information content (AvgIpc) is 2.84. The van der Waals surface area contributed by atoms with Crippen molar-refractivity contribution < 1.29 is 40.6 Å². The molecule has 1 aromatic heterocycles. The van der Waals surface area contributed by atoms with E-state index in [0.717, 1.165) is 0 Å². The first-order valence-corrected chi connectivity index (χ1v) is 9.74. The lowest BCUT2D eigenvalue weighted by Gasteiger charge is -2.13. The summed E-state index contributed by atoms with van der Waals surface area (Å²) in [5.41, 5.74) is -1.57. The molecule has 0 aliphatic carbocycles. The first kappa shape index (κ1) is 23.1. The van der Waals surface area contributed by atoms with Gasteiger partial charge < -0.3 is 18.6 Å². The molecule has 0 aliphatic rings. The summed E-state index contributed by atoms with van der Waals surface area (Å²) >= 11 is 0. The number of hydrogen-bond acceptors (Lipinski definition) is 5. The zero-order valence-corrected chi connectivity index (χ0v) is 17.7. The lowest BCUT2D eigenvalue weighted by Crippen LogP contribution is -2.10. The predicted octanol–water partition coefficient (Wildman–Crippen LogP) is 6.18. The molecule has 176 valence electrons. The van der Waals surface area contributed by atoms with Crippen molar-refractivity contribution in [2.75, 3.05) is 7.11 Å². The number of benzene rings is 3. The van der Waals surface area contributed by atoms with E-state index in [2.05, 4.69) is 0 Å². The highest BCUT2D eigenvalue weighted by atomic mass is 19.2. The normalized spacial score (nSPS) is 11.0. The van der Waals surface area contributed by atoms with Crippen LogP contribution in [0, 0.1) is 36.0 Å². The van der Waals surface area contributed by atoms with Gasteiger partial charge in [-0.05, 0) is 31.2 Å². The number of ether oxygens (including phenoxy) is 3. The van der Waals surface area contributed by atoms with Crippen molar-refractivity contribution in [3.63, 3.8) is 0 Å². The van der Waals surface area contributed by atoms with E-state index in [1.807, 2.05) is 0 Å². The van der Waals surface area contributed by atoms with Crippen molar-refractivity contribution in [2.24, 2.45) is 0 Å². The molecule has 1 heterocycles. The molecular formula is C24H15F5O5. The molecule has 0 aliphatic heterocycles. The Labute approximate surface area is 188 Å². The monoisotopic (exact) mass is 478 g/mol. The van der Waals surface area contributed by atoms with E-state index in [4.69, 9.17) is 18.6 Å². The summed E-state index contributed by atoms with van der Waals surface area (Å²) < 4.78 is 89.4. The van der Waals surface area contributed by atoms with E-state index in [9.17, 15) is 26.7 Å². The Hall–Kier alpha value is -4.08. The van der Waals surface area contributed by atoms with Crippen LogP contribution >= 0.6 is 0 Å². The van der Waals surface area contributed by atoms with Crippen molar-refractivity contribution in [3.8, 4) is 23.0 Å². The van der Waals surface area contributed by atoms with Gasteiger partial charge in [0.15, 0.2) is 34.8 Å². The number of rotatable bonds is 6. The van der Waals surface area contributed by atoms with Crippen molar-refractivity contribution in [2.45, 2.75) is 13.5 Å². The minimum Gasteiger partial charge on any atom is -0.493 e. The van der Waals surface area contributed by atoms with Crippen molar-refractivity contribution >= 4 is 11.0 Å². The molecule has 3 aromatic carbocycles. The van der Waals surface area contributed by atoms with Crippen LogP contribution in [0.15, 0.2) is 51.7 Å². The second-order valence-corrected chi connectivity index (χ2v) is 7.06. The quantitative estimate of drug-likeness (QED) is 0.188. The fourth-order valence-electron chi connectivity index (χ4n) is 3.22. The molecule has 34 heavy (non-hydrogen) atoms. The Morgan fingerprint density at radius 3 is 2.12 bits per heavy atom. The molecule has 0 spiro atoms. The lowest BCUT2D eigenvalue weighted by molar-refractivity contribution is 0.279. The van der Waals surface area contributed by atoms with E-state index in [1.54, 1.807) is 24.3 Å². The van der Waals surface area contributed by atoms with Gasteiger partial charge in [0.05, 0.1) is 18.1 Å². The molecule has 0 atom stereocenters. The zero-order chi connectivity index (χ0) is 24.6. The van der Waals surface area contributed by atoms with E-state index >= 15 is 0 Å². The number of para-hydroxylation sites is 2. The summed E-state index contributed by atoms with van der Waals surface area (Å²) in [6.07, 6.45) is 0. The van der Waals surface area contributed by atoms with Crippen LogP contribution in [-0.2, 0) is 6.61 Å². The molecule has 4 rings (SSSR count). The van der Waals surface area contributed by atoms with E-state index in [0.29, 0.717) is 11.5 Å². The van der Waals surface area contributed by atoms with Crippen LogP contribution in [0.25, 0.3) is 11.0 Å². The maximum atomic E-state index is 13.9. The summed E-state index contributed by atoms with van der Waals surface area (Å²) in [5, 5.41) is 0.110. The van der Waals surface area contributed by atoms with Gasteiger partial charge in [-0.15, -0.1) is 0 Å².